The highest BCUT2D eigenvalue weighted by atomic mass is 79.9. The number of rotatable bonds is 4. The van der Waals surface area contributed by atoms with Crippen molar-refractivity contribution in [2.24, 2.45) is 5.73 Å². The maximum atomic E-state index is 13.1. The van der Waals surface area contributed by atoms with E-state index in [9.17, 15) is 9.59 Å². The summed E-state index contributed by atoms with van der Waals surface area (Å²) in [4.78, 5) is 29.4. The summed E-state index contributed by atoms with van der Waals surface area (Å²) in [6, 6.07) is 11.5. The fourth-order valence-corrected chi connectivity index (χ4v) is 4.12. The molecule has 0 radical (unpaired) electrons. The van der Waals surface area contributed by atoms with Crippen LogP contribution in [0.1, 0.15) is 20.8 Å². The summed E-state index contributed by atoms with van der Waals surface area (Å²) >= 11 is 22.1. The monoisotopic (exact) mass is 537 g/mol. The van der Waals surface area contributed by atoms with Crippen molar-refractivity contribution in [3.05, 3.63) is 79.6 Å². The van der Waals surface area contributed by atoms with Crippen LogP contribution in [0.5, 0.6) is 0 Å². The molecule has 0 unspecified atom stereocenters. The molecule has 3 N–H and O–H groups in total. The lowest BCUT2D eigenvalue weighted by Gasteiger charge is -2.14. The highest BCUT2D eigenvalue weighted by Gasteiger charge is 2.23. The molecule has 0 saturated carbocycles. The Morgan fingerprint density at radius 1 is 1.10 bits per heavy atom. The molecule has 2 heterocycles. The van der Waals surface area contributed by atoms with Gasteiger partial charge in [0.25, 0.3) is 11.8 Å². The first-order valence-electron chi connectivity index (χ1n) is 8.65. The number of amides is 2. The number of nitrogens with two attached hydrogens (primary N) is 1. The Bertz CT molecular complexity index is 1370. The van der Waals surface area contributed by atoms with Crippen LogP contribution < -0.4 is 11.1 Å². The van der Waals surface area contributed by atoms with E-state index in [0.717, 1.165) is 4.47 Å². The number of benzene rings is 2. The van der Waals surface area contributed by atoms with Crippen LogP contribution in [0.4, 0.5) is 5.69 Å². The van der Waals surface area contributed by atoms with Crippen LogP contribution in [0.25, 0.3) is 16.6 Å². The van der Waals surface area contributed by atoms with E-state index in [4.69, 9.17) is 40.5 Å². The molecule has 0 bridgehead atoms. The van der Waals surface area contributed by atoms with Gasteiger partial charge in [-0.25, -0.2) is 9.67 Å². The number of aromatic nitrogens is 3. The number of carbonyl (C=O) groups is 2. The average Bonchev–Trinajstić information content (AvgIpc) is 3.11. The van der Waals surface area contributed by atoms with Crippen LogP contribution in [-0.4, -0.2) is 26.6 Å². The van der Waals surface area contributed by atoms with E-state index in [1.807, 2.05) is 0 Å². The number of fused-ring (bicyclic) bond motifs is 1. The molecule has 0 saturated heterocycles. The molecule has 7 nitrogen and oxygen atoms in total. The van der Waals surface area contributed by atoms with Crippen molar-refractivity contribution in [2.75, 3.05) is 5.32 Å². The maximum absolute atomic E-state index is 13.1. The molecule has 0 aliphatic carbocycles. The number of pyridine rings is 1. The van der Waals surface area contributed by atoms with E-state index in [0.29, 0.717) is 10.8 Å². The van der Waals surface area contributed by atoms with E-state index in [-0.39, 0.29) is 38.0 Å². The Kier molecular flexibility index (Phi) is 5.90. The molecule has 2 aromatic carbocycles. The first-order chi connectivity index (χ1) is 14.8. The van der Waals surface area contributed by atoms with Gasteiger partial charge in [0.05, 0.1) is 21.3 Å². The Labute approximate surface area is 199 Å². The molecule has 4 aromatic rings. The number of hydrogen-bond acceptors (Lipinski definition) is 4. The minimum atomic E-state index is -0.751. The number of anilines is 1. The van der Waals surface area contributed by atoms with Crippen molar-refractivity contribution in [1.82, 2.24) is 14.8 Å². The first-order valence-corrected chi connectivity index (χ1v) is 10.6. The predicted molar refractivity (Wildman–Crippen MR) is 125 cm³/mol. The van der Waals surface area contributed by atoms with Crippen molar-refractivity contribution < 1.29 is 9.59 Å². The topological polar surface area (TPSA) is 103 Å². The molecule has 2 aromatic heterocycles. The van der Waals surface area contributed by atoms with Gasteiger partial charge < -0.3 is 11.1 Å². The molecule has 31 heavy (non-hydrogen) atoms. The number of halogens is 4. The minimum absolute atomic E-state index is 0.0352. The van der Waals surface area contributed by atoms with Gasteiger partial charge in [0.1, 0.15) is 5.69 Å². The van der Waals surface area contributed by atoms with E-state index >= 15 is 0 Å². The molecule has 2 amide bonds. The van der Waals surface area contributed by atoms with Crippen LogP contribution in [0.15, 0.2) is 53.1 Å². The van der Waals surface area contributed by atoms with E-state index < -0.39 is 11.8 Å². The normalized spacial score (nSPS) is 11.0. The molecular formula is C20H11BrCl3N5O2. The first kappa shape index (κ1) is 21.6. The minimum Gasteiger partial charge on any atom is -0.366 e. The predicted octanol–water partition coefficient (Wildman–Crippen LogP) is 5.49. The number of hydrogen-bond donors (Lipinski definition) is 2. The summed E-state index contributed by atoms with van der Waals surface area (Å²) in [6.45, 7) is 0. The quantitative estimate of drug-likeness (QED) is 0.358. The third-order valence-corrected chi connectivity index (χ3v) is 5.76. The smallest absolute Gasteiger partial charge is 0.274 e. The summed E-state index contributed by atoms with van der Waals surface area (Å²) in [5.41, 5.74) is 5.71. The van der Waals surface area contributed by atoms with Gasteiger partial charge >= 0.3 is 0 Å². The van der Waals surface area contributed by atoms with Gasteiger partial charge in [0.15, 0.2) is 11.0 Å². The highest BCUT2D eigenvalue weighted by molar-refractivity contribution is 9.10. The summed E-state index contributed by atoms with van der Waals surface area (Å²) in [5.74, 6) is -1.17. The zero-order valence-electron chi connectivity index (χ0n) is 15.4. The summed E-state index contributed by atoms with van der Waals surface area (Å²) in [7, 11) is 0. The summed E-state index contributed by atoms with van der Waals surface area (Å²) in [6.07, 6.45) is 1.50. The lowest BCUT2D eigenvalue weighted by Crippen LogP contribution is -2.21. The van der Waals surface area contributed by atoms with Gasteiger partial charge in [0, 0.05) is 22.1 Å². The van der Waals surface area contributed by atoms with E-state index in [1.165, 1.54) is 16.9 Å². The third kappa shape index (κ3) is 4.12. The zero-order valence-corrected chi connectivity index (χ0v) is 19.2. The second-order valence-electron chi connectivity index (χ2n) is 6.37. The summed E-state index contributed by atoms with van der Waals surface area (Å²) < 4.78 is 2.00. The lowest BCUT2D eigenvalue weighted by molar-refractivity contribution is 0.100. The van der Waals surface area contributed by atoms with Crippen molar-refractivity contribution in [2.45, 2.75) is 0 Å². The highest BCUT2D eigenvalue weighted by Crippen LogP contribution is 2.36. The zero-order chi connectivity index (χ0) is 22.3. The molecule has 0 fully saturated rings. The van der Waals surface area contributed by atoms with Crippen LogP contribution in [0.3, 0.4) is 0 Å². The SMILES string of the molecule is NC(=O)c1cc2cc(Br)ccc2c(Cl)c1NC(=O)c1cc(Cl)nn1-c1ncccc1Cl. The van der Waals surface area contributed by atoms with Gasteiger partial charge in [-0.2, -0.15) is 5.10 Å². The molecule has 11 heteroatoms. The van der Waals surface area contributed by atoms with Crippen molar-refractivity contribution in [3.8, 4) is 5.82 Å². The Balaban J connectivity index is 1.82. The number of carbonyl (C=O) groups excluding carboxylic acids is 2. The van der Waals surface area contributed by atoms with Crippen LogP contribution in [-0.2, 0) is 0 Å². The molecule has 0 aliphatic rings. The average molecular weight is 540 g/mol. The molecule has 156 valence electrons. The maximum Gasteiger partial charge on any atom is 0.274 e. The molecule has 0 spiro atoms. The number of nitrogens with zero attached hydrogens (tertiary/aromatic N) is 3. The second-order valence-corrected chi connectivity index (χ2v) is 8.46. The Hall–Kier alpha value is -2.65. The van der Waals surface area contributed by atoms with Gasteiger partial charge in [-0.1, -0.05) is 56.8 Å². The van der Waals surface area contributed by atoms with Crippen molar-refractivity contribution in [3.63, 3.8) is 0 Å². The van der Waals surface area contributed by atoms with Gasteiger partial charge in [-0.15, -0.1) is 0 Å². The van der Waals surface area contributed by atoms with E-state index in [2.05, 4.69) is 31.3 Å². The molecule has 4 rings (SSSR count). The Morgan fingerprint density at radius 2 is 1.87 bits per heavy atom. The van der Waals surface area contributed by atoms with Crippen molar-refractivity contribution >= 4 is 79.0 Å². The summed E-state index contributed by atoms with van der Waals surface area (Å²) in [5, 5.41) is 8.54. The van der Waals surface area contributed by atoms with Gasteiger partial charge in [0.2, 0.25) is 0 Å². The van der Waals surface area contributed by atoms with Crippen molar-refractivity contribution in [1.29, 1.82) is 0 Å². The second kappa shape index (κ2) is 8.47. The molecular weight excluding hydrogens is 529 g/mol. The fourth-order valence-electron chi connectivity index (χ4n) is 3.04. The van der Waals surface area contributed by atoms with Crippen LogP contribution in [0.2, 0.25) is 15.2 Å². The Morgan fingerprint density at radius 3 is 2.58 bits per heavy atom. The van der Waals surface area contributed by atoms with Crippen LogP contribution in [0, 0.1) is 0 Å². The molecule has 0 aliphatic heterocycles. The number of primary amides is 1. The van der Waals surface area contributed by atoms with Gasteiger partial charge in [-0.05, 0) is 35.7 Å². The van der Waals surface area contributed by atoms with E-state index in [1.54, 1.807) is 36.4 Å². The lowest BCUT2D eigenvalue weighted by atomic mass is 10.0. The van der Waals surface area contributed by atoms with Crippen LogP contribution >= 0.6 is 50.7 Å². The largest absolute Gasteiger partial charge is 0.366 e. The van der Waals surface area contributed by atoms with Gasteiger partial charge in [-0.3, -0.25) is 9.59 Å². The standard InChI is InChI=1S/C20H11BrCl3N5O2/c21-10-3-4-11-9(6-10)7-12(18(25)30)17(16(11)24)27-20(31)14-8-15(23)28-29(14)19-13(22)2-1-5-26-19/h1-8H,(H2,25,30)(H,27,31). The fraction of sp³-hybridized carbons (Fsp3) is 0. The molecule has 0 atom stereocenters. The third-order valence-electron chi connectivity index (χ3n) is 4.39. The number of nitrogens with one attached hydrogen (secondary N) is 1.